The lowest BCUT2D eigenvalue weighted by Gasteiger charge is -2.21. The van der Waals surface area contributed by atoms with E-state index < -0.39 is 8.32 Å². The third kappa shape index (κ3) is 5.61. The molecule has 3 nitrogen and oxygen atoms in total. The minimum atomic E-state index is -1.55. The summed E-state index contributed by atoms with van der Waals surface area (Å²) in [6, 6.07) is 16.1. The van der Waals surface area contributed by atoms with Crippen LogP contribution in [-0.2, 0) is 4.43 Å². The van der Waals surface area contributed by atoms with Gasteiger partial charge < -0.3 is 4.43 Å². The molecule has 0 fully saturated rings. The van der Waals surface area contributed by atoms with Crippen LogP contribution in [0.5, 0.6) is 0 Å². The third-order valence-corrected chi connectivity index (χ3v) is 3.97. The van der Waals surface area contributed by atoms with Crippen molar-refractivity contribution in [1.82, 2.24) is 4.98 Å². The van der Waals surface area contributed by atoms with Gasteiger partial charge >= 0.3 is 0 Å². The molecule has 21 heavy (non-hydrogen) atoms. The van der Waals surface area contributed by atoms with E-state index in [9.17, 15) is 0 Å². The fraction of sp³-hybridized carbons (Fsp3) is 0.294. The van der Waals surface area contributed by atoms with Gasteiger partial charge in [-0.25, -0.2) is 0 Å². The molecule has 0 spiro atoms. The zero-order chi connectivity index (χ0) is 15.1. The molecule has 0 amide bonds. The maximum Gasteiger partial charge on any atom is 0.183 e. The van der Waals surface area contributed by atoms with Gasteiger partial charge in [-0.1, -0.05) is 36.4 Å². The lowest BCUT2D eigenvalue weighted by molar-refractivity contribution is 0.285. The van der Waals surface area contributed by atoms with Crippen molar-refractivity contribution in [3.8, 4) is 0 Å². The third-order valence-electron chi connectivity index (χ3n) is 2.93. The first kappa shape index (κ1) is 15.6. The Bertz CT molecular complexity index is 564. The van der Waals surface area contributed by atoms with Gasteiger partial charge in [0.2, 0.25) is 0 Å². The van der Waals surface area contributed by atoms with E-state index in [1.54, 1.807) is 6.20 Å². The summed E-state index contributed by atoms with van der Waals surface area (Å²) in [5, 5.41) is 0. The molecular weight excluding hydrogens is 276 g/mol. The quantitative estimate of drug-likeness (QED) is 0.594. The fourth-order valence-corrected chi connectivity index (χ4v) is 2.51. The second kappa shape index (κ2) is 7.29. The molecule has 0 unspecified atom stereocenters. The Morgan fingerprint density at radius 1 is 1.10 bits per heavy atom. The SMILES string of the molecule is C[Si](C)(C)OC[C@H](N=Cc1ccccn1)c1ccccc1. The molecule has 0 aliphatic rings. The van der Waals surface area contributed by atoms with E-state index in [0.717, 1.165) is 5.69 Å². The normalized spacial score (nSPS) is 13.5. The summed E-state index contributed by atoms with van der Waals surface area (Å²) in [6.07, 6.45) is 3.60. The molecule has 110 valence electrons. The second-order valence-electron chi connectivity index (χ2n) is 5.88. The van der Waals surface area contributed by atoms with Gasteiger partial charge in [-0.2, -0.15) is 0 Å². The molecule has 0 saturated carbocycles. The predicted molar refractivity (Wildman–Crippen MR) is 90.3 cm³/mol. The highest BCUT2D eigenvalue weighted by atomic mass is 28.4. The molecular formula is C17H22N2OSi. The standard InChI is InChI=1S/C17H22N2OSi/c1-21(2,3)20-14-17(15-9-5-4-6-10-15)19-13-16-11-7-8-12-18-16/h4-13,17H,14H2,1-3H3/t17-/m0/s1. The van der Waals surface area contributed by atoms with Gasteiger partial charge in [0.25, 0.3) is 0 Å². The van der Waals surface area contributed by atoms with Crippen LogP contribution in [0.2, 0.25) is 19.6 Å². The zero-order valence-electron chi connectivity index (χ0n) is 12.9. The summed E-state index contributed by atoms with van der Waals surface area (Å²) in [7, 11) is -1.55. The molecule has 4 heteroatoms. The summed E-state index contributed by atoms with van der Waals surface area (Å²) < 4.78 is 6.04. The molecule has 1 heterocycles. The highest BCUT2D eigenvalue weighted by Crippen LogP contribution is 2.19. The van der Waals surface area contributed by atoms with Crippen molar-refractivity contribution in [3.63, 3.8) is 0 Å². The number of aromatic nitrogens is 1. The van der Waals surface area contributed by atoms with E-state index in [0.29, 0.717) is 6.61 Å². The molecule has 0 aliphatic carbocycles. The first-order valence-electron chi connectivity index (χ1n) is 7.18. The fourth-order valence-electron chi connectivity index (χ4n) is 1.85. The maximum atomic E-state index is 6.04. The molecule has 1 atom stereocenters. The molecule has 0 radical (unpaired) electrons. The molecule has 1 aromatic carbocycles. The van der Waals surface area contributed by atoms with E-state index in [-0.39, 0.29) is 6.04 Å². The highest BCUT2D eigenvalue weighted by Gasteiger charge is 2.18. The maximum absolute atomic E-state index is 6.04. The van der Waals surface area contributed by atoms with Crippen molar-refractivity contribution in [2.75, 3.05) is 6.61 Å². The minimum absolute atomic E-state index is 0.0138. The summed E-state index contributed by atoms with van der Waals surface area (Å²) in [5.74, 6) is 0. The average molecular weight is 298 g/mol. The van der Waals surface area contributed by atoms with Crippen LogP contribution in [0, 0.1) is 0 Å². The number of rotatable bonds is 6. The topological polar surface area (TPSA) is 34.5 Å². The van der Waals surface area contributed by atoms with Gasteiger partial charge in [-0.15, -0.1) is 0 Å². The van der Waals surface area contributed by atoms with Gasteiger partial charge in [0.1, 0.15) is 0 Å². The van der Waals surface area contributed by atoms with Gasteiger partial charge in [0.05, 0.1) is 18.3 Å². The second-order valence-corrected chi connectivity index (χ2v) is 10.4. The summed E-state index contributed by atoms with van der Waals surface area (Å²) in [5.41, 5.74) is 2.04. The number of hydrogen-bond acceptors (Lipinski definition) is 3. The summed E-state index contributed by atoms with van der Waals surface area (Å²) >= 11 is 0. The Kier molecular flexibility index (Phi) is 5.42. The van der Waals surface area contributed by atoms with E-state index >= 15 is 0 Å². The van der Waals surface area contributed by atoms with Crippen molar-refractivity contribution < 1.29 is 4.43 Å². The number of benzene rings is 1. The van der Waals surface area contributed by atoms with Crippen molar-refractivity contribution in [3.05, 3.63) is 66.0 Å². The number of hydrogen-bond donors (Lipinski definition) is 0. The van der Waals surface area contributed by atoms with Crippen LogP contribution in [0.15, 0.2) is 59.7 Å². The van der Waals surface area contributed by atoms with Crippen LogP contribution in [0.1, 0.15) is 17.3 Å². The molecule has 2 rings (SSSR count). The Morgan fingerprint density at radius 3 is 2.43 bits per heavy atom. The smallest absolute Gasteiger partial charge is 0.183 e. The Labute approximate surface area is 127 Å². The van der Waals surface area contributed by atoms with E-state index in [4.69, 9.17) is 4.43 Å². The van der Waals surface area contributed by atoms with Crippen LogP contribution < -0.4 is 0 Å². The average Bonchev–Trinajstić information content (AvgIpc) is 2.48. The van der Waals surface area contributed by atoms with Crippen LogP contribution in [0.25, 0.3) is 0 Å². The lowest BCUT2D eigenvalue weighted by Crippen LogP contribution is -2.27. The molecule has 0 bridgehead atoms. The van der Waals surface area contributed by atoms with Crippen LogP contribution in [-0.4, -0.2) is 26.1 Å². The Balaban J connectivity index is 2.14. The largest absolute Gasteiger partial charge is 0.415 e. The van der Waals surface area contributed by atoms with Gasteiger partial charge in [-0.3, -0.25) is 9.98 Å². The number of nitrogens with zero attached hydrogens (tertiary/aromatic N) is 2. The number of aliphatic imine (C=N–C) groups is 1. The van der Waals surface area contributed by atoms with Crippen molar-refractivity contribution >= 4 is 14.5 Å². The molecule has 0 saturated heterocycles. The van der Waals surface area contributed by atoms with E-state index in [1.165, 1.54) is 5.56 Å². The first-order chi connectivity index (χ1) is 10.0. The first-order valence-corrected chi connectivity index (χ1v) is 10.6. The van der Waals surface area contributed by atoms with Gasteiger partial charge in [0, 0.05) is 12.4 Å². The van der Waals surface area contributed by atoms with Crippen molar-refractivity contribution in [2.24, 2.45) is 4.99 Å². The zero-order valence-corrected chi connectivity index (χ0v) is 13.9. The van der Waals surface area contributed by atoms with Crippen LogP contribution in [0.4, 0.5) is 0 Å². The van der Waals surface area contributed by atoms with Crippen molar-refractivity contribution in [2.45, 2.75) is 25.7 Å². The van der Waals surface area contributed by atoms with Gasteiger partial charge in [-0.05, 0) is 37.3 Å². The van der Waals surface area contributed by atoms with Crippen LogP contribution >= 0.6 is 0 Å². The molecule has 2 aromatic rings. The van der Waals surface area contributed by atoms with Crippen molar-refractivity contribution in [1.29, 1.82) is 0 Å². The van der Waals surface area contributed by atoms with Gasteiger partial charge in [0.15, 0.2) is 8.32 Å². The Hall–Kier alpha value is -1.78. The highest BCUT2D eigenvalue weighted by molar-refractivity contribution is 6.69. The summed E-state index contributed by atoms with van der Waals surface area (Å²) in [4.78, 5) is 8.95. The number of pyridine rings is 1. The molecule has 0 aliphatic heterocycles. The van der Waals surface area contributed by atoms with E-state index in [1.807, 2.05) is 42.6 Å². The van der Waals surface area contributed by atoms with Crippen LogP contribution in [0.3, 0.4) is 0 Å². The summed E-state index contributed by atoms with van der Waals surface area (Å²) in [6.45, 7) is 7.19. The monoisotopic (exact) mass is 298 g/mol. The Morgan fingerprint density at radius 2 is 1.81 bits per heavy atom. The molecule has 0 N–H and O–H groups in total. The minimum Gasteiger partial charge on any atom is -0.415 e. The predicted octanol–water partition coefficient (Wildman–Crippen LogP) is 4.09. The molecule has 1 aromatic heterocycles. The lowest BCUT2D eigenvalue weighted by atomic mass is 10.1. The van der Waals surface area contributed by atoms with E-state index in [2.05, 4.69) is 41.8 Å².